The Morgan fingerprint density at radius 2 is 2.00 bits per heavy atom. The van der Waals surface area contributed by atoms with Gasteiger partial charge in [-0.05, 0) is 42.7 Å². The van der Waals surface area contributed by atoms with Crippen molar-refractivity contribution in [3.8, 4) is 0 Å². The molecule has 3 rings (SSSR count). The van der Waals surface area contributed by atoms with E-state index in [1.165, 1.54) is 0 Å². The van der Waals surface area contributed by atoms with Crippen molar-refractivity contribution in [2.24, 2.45) is 4.99 Å². The summed E-state index contributed by atoms with van der Waals surface area (Å²) in [5.74, 6) is 0.719. The second-order valence-corrected chi connectivity index (χ2v) is 7.25. The first-order valence-electron chi connectivity index (χ1n) is 9.61. The van der Waals surface area contributed by atoms with Crippen molar-refractivity contribution in [3.63, 3.8) is 0 Å². The van der Waals surface area contributed by atoms with Crippen LogP contribution in [-0.4, -0.2) is 42.0 Å². The van der Waals surface area contributed by atoms with Gasteiger partial charge in [0.05, 0.1) is 17.8 Å². The van der Waals surface area contributed by atoms with Crippen LogP contribution in [0.1, 0.15) is 28.8 Å². The Hall–Kier alpha value is -2.61. The highest BCUT2D eigenvalue weighted by atomic mass is 19.4. The van der Waals surface area contributed by atoms with Gasteiger partial charge in [0.1, 0.15) is 0 Å². The number of halogens is 3. The highest BCUT2D eigenvalue weighted by Gasteiger charge is 2.30. The highest BCUT2D eigenvalue weighted by Crippen LogP contribution is 2.29. The van der Waals surface area contributed by atoms with E-state index in [0.717, 1.165) is 54.4 Å². The van der Waals surface area contributed by atoms with Gasteiger partial charge in [-0.1, -0.05) is 18.2 Å². The third kappa shape index (κ3) is 5.93. The number of aliphatic imine (C=N–C) groups is 1. The van der Waals surface area contributed by atoms with E-state index in [4.69, 9.17) is 0 Å². The molecule has 1 aliphatic rings. The van der Waals surface area contributed by atoms with Gasteiger partial charge in [-0.3, -0.25) is 14.9 Å². The lowest BCUT2D eigenvalue weighted by molar-refractivity contribution is -0.137. The summed E-state index contributed by atoms with van der Waals surface area (Å²) >= 11 is 0. The van der Waals surface area contributed by atoms with Crippen LogP contribution in [0.25, 0.3) is 0 Å². The smallest absolute Gasteiger partial charge is 0.352 e. The minimum absolute atomic E-state index is 0.237. The summed E-state index contributed by atoms with van der Waals surface area (Å²) in [5.41, 5.74) is 2.37. The third-order valence-electron chi connectivity index (χ3n) is 5.07. The number of rotatable bonds is 5. The fourth-order valence-corrected chi connectivity index (χ4v) is 3.41. The van der Waals surface area contributed by atoms with Crippen LogP contribution in [0.4, 0.5) is 13.2 Å². The zero-order valence-electron chi connectivity index (χ0n) is 16.6. The quantitative estimate of drug-likeness (QED) is 0.592. The van der Waals surface area contributed by atoms with Crippen LogP contribution >= 0.6 is 0 Å². The highest BCUT2D eigenvalue weighted by molar-refractivity contribution is 5.80. The van der Waals surface area contributed by atoms with E-state index < -0.39 is 11.7 Å². The molecule has 1 unspecified atom stereocenters. The maximum absolute atomic E-state index is 12.7. The van der Waals surface area contributed by atoms with Gasteiger partial charge < -0.3 is 10.6 Å². The molecule has 0 bridgehead atoms. The maximum Gasteiger partial charge on any atom is 0.416 e. The van der Waals surface area contributed by atoms with Gasteiger partial charge >= 0.3 is 6.18 Å². The van der Waals surface area contributed by atoms with Crippen LogP contribution in [0.15, 0.2) is 47.6 Å². The summed E-state index contributed by atoms with van der Waals surface area (Å²) in [6, 6.07) is 9.57. The molecule has 0 saturated carbocycles. The first-order chi connectivity index (χ1) is 13.8. The number of benzene rings is 1. The van der Waals surface area contributed by atoms with Crippen LogP contribution in [0, 0.1) is 6.92 Å². The van der Waals surface area contributed by atoms with Crippen LogP contribution < -0.4 is 10.6 Å². The summed E-state index contributed by atoms with van der Waals surface area (Å²) in [7, 11) is 1.73. The zero-order chi connectivity index (χ0) is 20.9. The number of likely N-dealkylation sites (tertiary alicyclic amines) is 1. The Bertz CT molecular complexity index is 833. The predicted molar refractivity (Wildman–Crippen MR) is 107 cm³/mol. The van der Waals surface area contributed by atoms with E-state index >= 15 is 0 Å². The molecule has 1 aromatic carbocycles. The average Bonchev–Trinajstić information content (AvgIpc) is 3.12. The number of aryl methyl sites for hydroxylation is 1. The van der Waals surface area contributed by atoms with Crippen LogP contribution in [-0.2, 0) is 19.3 Å². The molecule has 29 heavy (non-hydrogen) atoms. The fraction of sp³-hybridized carbons (Fsp3) is 0.429. The molecule has 2 heterocycles. The van der Waals surface area contributed by atoms with Crippen molar-refractivity contribution in [1.29, 1.82) is 0 Å². The van der Waals surface area contributed by atoms with E-state index in [-0.39, 0.29) is 6.04 Å². The molecule has 1 saturated heterocycles. The van der Waals surface area contributed by atoms with Gasteiger partial charge in [-0.25, -0.2) is 0 Å². The minimum Gasteiger partial charge on any atom is -0.352 e. The van der Waals surface area contributed by atoms with E-state index in [1.807, 2.05) is 19.1 Å². The van der Waals surface area contributed by atoms with Crippen molar-refractivity contribution in [1.82, 2.24) is 20.5 Å². The summed E-state index contributed by atoms with van der Waals surface area (Å²) < 4.78 is 38.1. The molecule has 1 fully saturated rings. The lowest BCUT2D eigenvalue weighted by atomic mass is 10.1. The molecule has 8 heteroatoms. The molecule has 1 aliphatic heterocycles. The predicted octanol–water partition coefficient (Wildman–Crippen LogP) is 3.35. The van der Waals surface area contributed by atoms with Crippen molar-refractivity contribution in [2.75, 3.05) is 20.1 Å². The summed E-state index contributed by atoms with van der Waals surface area (Å²) in [5, 5.41) is 6.71. The molecule has 5 nitrogen and oxygen atoms in total. The summed E-state index contributed by atoms with van der Waals surface area (Å²) in [6.07, 6.45) is -1.57. The van der Waals surface area contributed by atoms with Crippen LogP contribution in [0.3, 0.4) is 0 Å². The molecule has 0 amide bonds. The molecule has 2 aromatic rings. The third-order valence-corrected chi connectivity index (χ3v) is 5.07. The number of nitrogens with one attached hydrogen (secondary N) is 2. The van der Waals surface area contributed by atoms with Crippen molar-refractivity contribution >= 4 is 5.96 Å². The molecular formula is C21H26F3N5. The largest absolute Gasteiger partial charge is 0.416 e. The first-order valence-corrected chi connectivity index (χ1v) is 9.61. The molecule has 1 aromatic heterocycles. The summed E-state index contributed by atoms with van der Waals surface area (Å²) in [4.78, 5) is 10.9. The van der Waals surface area contributed by atoms with E-state index in [9.17, 15) is 13.2 Å². The molecule has 0 spiro atoms. The number of nitrogens with zero attached hydrogens (tertiary/aromatic N) is 3. The number of aromatic nitrogens is 1. The fourth-order valence-electron chi connectivity index (χ4n) is 3.41. The standard InChI is InChI=1S/C21H26F3N5/c1-15-4-3-10-26-19(15)12-27-20(25-2)28-18-9-11-29(14-18)13-16-5-7-17(8-6-16)21(22,23)24/h3-8,10,18H,9,11-14H2,1-2H3,(H2,25,27,28). The molecule has 1 atom stereocenters. The van der Waals surface area contributed by atoms with Crippen molar-refractivity contribution < 1.29 is 13.2 Å². The van der Waals surface area contributed by atoms with Gasteiger partial charge in [0.25, 0.3) is 0 Å². The average molecular weight is 405 g/mol. The Kier molecular flexibility index (Phi) is 6.74. The minimum atomic E-state index is -4.29. The van der Waals surface area contributed by atoms with Crippen LogP contribution in [0.5, 0.6) is 0 Å². The first kappa shape index (κ1) is 21.1. The molecule has 2 N–H and O–H groups in total. The zero-order valence-corrected chi connectivity index (χ0v) is 16.6. The topological polar surface area (TPSA) is 52.6 Å². The lowest BCUT2D eigenvalue weighted by Gasteiger charge is -2.19. The lowest BCUT2D eigenvalue weighted by Crippen LogP contribution is -2.44. The van der Waals surface area contributed by atoms with Crippen molar-refractivity contribution in [2.45, 2.75) is 38.7 Å². The second kappa shape index (κ2) is 9.26. The second-order valence-electron chi connectivity index (χ2n) is 7.25. The van der Waals surface area contributed by atoms with Gasteiger partial charge in [-0.2, -0.15) is 13.2 Å². The molecular weight excluding hydrogens is 379 g/mol. The Morgan fingerprint density at radius 1 is 1.24 bits per heavy atom. The van der Waals surface area contributed by atoms with E-state index in [0.29, 0.717) is 13.1 Å². The Balaban J connectivity index is 1.48. The number of hydrogen-bond donors (Lipinski definition) is 2. The number of alkyl halides is 3. The van der Waals surface area contributed by atoms with Gasteiger partial charge in [0.2, 0.25) is 0 Å². The monoisotopic (exact) mass is 405 g/mol. The molecule has 0 radical (unpaired) electrons. The number of guanidine groups is 1. The molecule has 0 aliphatic carbocycles. The Morgan fingerprint density at radius 3 is 2.66 bits per heavy atom. The maximum atomic E-state index is 12.7. The molecule has 156 valence electrons. The van der Waals surface area contributed by atoms with Crippen LogP contribution in [0.2, 0.25) is 0 Å². The Labute approximate surface area is 169 Å². The number of pyridine rings is 1. The number of hydrogen-bond acceptors (Lipinski definition) is 3. The van der Waals surface area contributed by atoms with Crippen molar-refractivity contribution in [3.05, 3.63) is 65.0 Å². The van der Waals surface area contributed by atoms with Gasteiger partial charge in [0.15, 0.2) is 5.96 Å². The SMILES string of the molecule is CN=C(NCc1ncccc1C)NC1CCN(Cc2ccc(C(F)(F)F)cc2)C1. The summed E-state index contributed by atoms with van der Waals surface area (Å²) in [6.45, 7) is 4.94. The van der Waals surface area contributed by atoms with Gasteiger partial charge in [0, 0.05) is 38.9 Å². The van der Waals surface area contributed by atoms with Gasteiger partial charge in [-0.15, -0.1) is 0 Å². The normalized spacial score (nSPS) is 18.1. The van der Waals surface area contributed by atoms with E-state index in [2.05, 4.69) is 25.5 Å². The van der Waals surface area contributed by atoms with E-state index in [1.54, 1.807) is 25.4 Å².